The zero-order chi connectivity index (χ0) is 16.4. The predicted molar refractivity (Wildman–Crippen MR) is 77.0 cm³/mol. The van der Waals surface area contributed by atoms with Gasteiger partial charge in [0.1, 0.15) is 4.90 Å². The maximum atomic E-state index is 12.1. The Kier molecular flexibility index (Phi) is 5.57. The Morgan fingerprint density at radius 3 is 2.43 bits per heavy atom. The third-order valence-corrected chi connectivity index (χ3v) is 4.87. The first-order valence-corrected chi connectivity index (χ1v) is 7.82. The SMILES string of the molecule is CC(CC(N)=O)NS(=O)(=O)c1ccc(Cl)c(C(=O)O)c1Cl. The highest BCUT2D eigenvalue weighted by atomic mass is 35.5. The van der Waals surface area contributed by atoms with E-state index in [-0.39, 0.29) is 11.4 Å². The summed E-state index contributed by atoms with van der Waals surface area (Å²) in [5.74, 6) is -2.13. The zero-order valence-corrected chi connectivity index (χ0v) is 13.1. The largest absolute Gasteiger partial charge is 0.478 e. The Balaban J connectivity index is 3.24. The van der Waals surface area contributed by atoms with Gasteiger partial charge in [0.2, 0.25) is 15.9 Å². The van der Waals surface area contributed by atoms with Crippen molar-refractivity contribution < 1.29 is 23.1 Å². The molecular formula is C11H12Cl2N2O5S. The second-order valence-electron chi connectivity index (χ2n) is 4.23. The van der Waals surface area contributed by atoms with Crippen LogP contribution in [0.3, 0.4) is 0 Å². The summed E-state index contributed by atoms with van der Waals surface area (Å²) in [7, 11) is -4.12. The molecular weight excluding hydrogens is 343 g/mol. The first-order valence-electron chi connectivity index (χ1n) is 5.58. The fourth-order valence-electron chi connectivity index (χ4n) is 1.61. The fraction of sp³-hybridized carbons (Fsp3) is 0.273. The second-order valence-corrected chi connectivity index (χ2v) is 6.70. The van der Waals surface area contributed by atoms with E-state index < -0.39 is 43.4 Å². The number of hydrogen-bond acceptors (Lipinski definition) is 4. The van der Waals surface area contributed by atoms with Gasteiger partial charge in [0.15, 0.2) is 0 Å². The van der Waals surface area contributed by atoms with Crippen LogP contribution >= 0.6 is 23.2 Å². The lowest BCUT2D eigenvalue weighted by molar-refractivity contribution is -0.118. The van der Waals surface area contributed by atoms with Crippen molar-refractivity contribution >= 4 is 45.1 Å². The van der Waals surface area contributed by atoms with Crippen molar-refractivity contribution in [3.63, 3.8) is 0 Å². The van der Waals surface area contributed by atoms with Crippen LogP contribution in [-0.4, -0.2) is 31.4 Å². The molecule has 1 unspecified atom stereocenters. The molecule has 0 aliphatic rings. The number of sulfonamides is 1. The summed E-state index contributed by atoms with van der Waals surface area (Å²) in [6.45, 7) is 1.43. The van der Waals surface area contributed by atoms with E-state index in [0.717, 1.165) is 12.1 Å². The van der Waals surface area contributed by atoms with Gasteiger partial charge in [0.05, 0.1) is 15.6 Å². The number of rotatable bonds is 6. The van der Waals surface area contributed by atoms with E-state index >= 15 is 0 Å². The number of nitrogens with one attached hydrogen (secondary N) is 1. The molecule has 0 bridgehead atoms. The number of carboxylic acid groups (broad SMARTS) is 1. The predicted octanol–water partition coefficient (Wildman–Crippen LogP) is 1.23. The van der Waals surface area contributed by atoms with Crippen molar-refractivity contribution in [3.05, 3.63) is 27.7 Å². The van der Waals surface area contributed by atoms with Crippen molar-refractivity contribution in [2.45, 2.75) is 24.3 Å². The minimum Gasteiger partial charge on any atom is -0.478 e. The first kappa shape index (κ1) is 17.7. The van der Waals surface area contributed by atoms with Crippen molar-refractivity contribution in [1.29, 1.82) is 0 Å². The molecule has 1 amide bonds. The van der Waals surface area contributed by atoms with E-state index in [9.17, 15) is 18.0 Å². The van der Waals surface area contributed by atoms with Crippen LogP contribution in [-0.2, 0) is 14.8 Å². The minimum absolute atomic E-state index is 0.184. The van der Waals surface area contributed by atoms with Crippen LogP contribution in [0, 0.1) is 0 Å². The van der Waals surface area contributed by atoms with Crippen molar-refractivity contribution in [2.75, 3.05) is 0 Å². The van der Waals surface area contributed by atoms with Gasteiger partial charge in [-0.05, 0) is 19.1 Å². The Bertz CT molecular complexity index is 690. The van der Waals surface area contributed by atoms with E-state index in [1.807, 2.05) is 0 Å². The Hall–Kier alpha value is -1.35. The molecule has 0 heterocycles. The Morgan fingerprint density at radius 2 is 1.95 bits per heavy atom. The maximum absolute atomic E-state index is 12.1. The van der Waals surface area contributed by atoms with E-state index in [1.165, 1.54) is 6.92 Å². The van der Waals surface area contributed by atoms with Gasteiger partial charge in [-0.1, -0.05) is 23.2 Å². The summed E-state index contributed by atoms with van der Waals surface area (Å²) >= 11 is 11.5. The highest BCUT2D eigenvalue weighted by molar-refractivity contribution is 7.89. The van der Waals surface area contributed by atoms with Crippen LogP contribution in [0.1, 0.15) is 23.7 Å². The first-order chi connectivity index (χ1) is 9.56. The number of amides is 1. The summed E-state index contributed by atoms with van der Waals surface area (Å²) in [6.07, 6.45) is -0.212. The molecule has 0 saturated heterocycles. The lowest BCUT2D eigenvalue weighted by Crippen LogP contribution is -2.35. The molecule has 0 aliphatic heterocycles. The average Bonchev–Trinajstić information content (AvgIpc) is 2.25. The van der Waals surface area contributed by atoms with Gasteiger partial charge in [-0.25, -0.2) is 17.9 Å². The number of carbonyl (C=O) groups excluding carboxylic acids is 1. The number of carboxylic acids is 1. The standard InChI is InChI=1S/C11H12Cl2N2O5S/c1-5(4-8(14)16)15-21(19,20)7-3-2-6(12)9(10(7)13)11(17)18/h2-3,5,15H,4H2,1H3,(H2,14,16)(H,17,18). The highest BCUT2D eigenvalue weighted by Gasteiger charge is 2.26. The van der Waals surface area contributed by atoms with Gasteiger partial charge in [-0.2, -0.15) is 0 Å². The molecule has 1 atom stereocenters. The summed E-state index contributed by atoms with van der Waals surface area (Å²) in [4.78, 5) is 21.4. The molecule has 7 nitrogen and oxygen atoms in total. The third-order valence-electron chi connectivity index (χ3n) is 2.42. The fourth-order valence-corrected chi connectivity index (χ4v) is 3.77. The van der Waals surface area contributed by atoms with Crippen LogP contribution in [0.2, 0.25) is 10.0 Å². The number of carbonyl (C=O) groups is 2. The molecule has 10 heteroatoms. The summed E-state index contributed by atoms with van der Waals surface area (Å²) in [5.41, 5.74) is 4.46. The molecule has 0 saturated carbocycles. The smallest absolute Gasteiger partial charge is 0.338 e. The molecule has 1 rings (SSSR count). The summed E-state index contributed by atoms with van der Waals surface area (Å²) in [5, 5.41) is 8.30. The Labute approximate surface area is 131 Å². The second kappa shape index (κ2) is 6.61. The van der Waals surface area contributed by atoms with Crippen LogP contribution in [0.5, 0.6) is 0 Å². The van der Waals surface area contributed by atoms with E-state index in [2.05, 4.69) is 4.72 Å². The quantitative estimate of drug-likeness (QED) is 0.707. The van der Waals surface area contributed by atoms with Crippen molar-refractivity contribution in [3.8, 4) is 0 Å². The molecule has 0 aliphatic carbocycles. The van der Waals surface area contributed by atoms with E-state index in [4.69, 9.17) is 34.0 Å². The van der Waals surface area contributed by atoms with E-state index in [0.29, 0.717) is 0 Å². The molecule has 0 radical (unpaired) electrons. The highest BCUT2D eigenvalue weighted by Crippen LogP contribution is 2.31. The number of primary amides is 1. The topological polar surface area (TPSA) is 127 Å². The van der Waals surface area contributed by atoms with Crippen molar-refractivity contribution in [2.24, 2.45) is 5.73 Å². The molecule has 116 valence electrons. The van der Waals surface area contributed by atoms with Gasteiger partial charge in [-0.3, -0.25) is 4.79 Å². The molecule has 4 N–H and O–H groups in total. The molecule has 1 aromatic rings. The number of halogens is 2. The van der Waals surface area contributed by atoms with Crippen LogP contribution in [0.4, 0.5) is 0 Å². The van der Waals surface area contributed by atoms with Gasteiger partial charge in [-0.15, -0.1) is 0 Å². The van der Waals surface area contributed by atoms with Crippen LogP contribution < -0.4 is 10.5 Å². The lowest BCUT2D eigenvalue weighted by Gasteiger charge is -2.14. The number of aromatic carboxylic acids is 1. The molecule has 0 aromatic heterocycles. The Morgan fingerprint density at radius 1 is 1.38 bits per heavy atom. The lowest BCUT2D eigenvalue weighted by atomic mass is 10.2. The number of benzene rings is 1. The van der Waals surface area contributed by atoms with Gasteiger partial charge < -0.3 is 10.8 Å². The summed E-state index contributed by atoms with van der Waals surface area (Å²) in [6, 6.07) is 1.42. The normalized spacial score (nSPS) is 12.9. The van der Waals surface area contributed by atoms with Gasteiger partial charge in [0.25, 0.3) is 0 Å². The monoisotopic (exact) mass is 354 g/mol. The molecule has 0 spiro atoms. The van der Waals surface area contributed by atoms with E-state index in [1.54, 1.807) is 0 Å². The van der Waals surface area contributed by atoms with Crippen LogP contribution in [0.15, 0.2) is 17.0 Å². The number of nitrogens with two attached hydrogens (primary N) is 1. The van der Waals surface area contributed by atoms with Gasteiger partial charge >= 0.3 is 5.97 Å². The molecule has 21 heavy (non-hydrogen) atoms. The molecule has 1 aromatic carbocycles. The van der Waals surface area contributed by atoms with Crippen molar-refractivity contribution in [1.82, 2.24) is 4.72 Å². The summed E-state index contributed by atoms with van der Waals surface area (Å²) < 4.78 is 26.5. The maximum Gasteiger partial charge on any atom is 0.338 e. The minimum atomic E-state index is -4.12. The molecule has 0 fully saturated rings. The van der Waals surface area contributed by atoms with Gasteiger partial charge in [0, 0.05) is 12.5 Å². The van der Waals surface area contributed by atoms with Crippen LogP contribution in [0.25, 0.3) is 0 Å². The zero-order valence-electron chi connectivity index (χ0n) is 10.8. The number of hydrogen-bond donors (Lipinski definition) is 3. The third kappa shape index (κ3) is 4.31. The average molecular weight is 355 g/mol.